The van der Waals surface area contributed by atoms with Gasteiger partial charge in [-0.2, -0.15) is 0 Å². The zero-order valence-corrected chi connectivity index (χ0v) is 8.98. The summed E-state index contributed by atoms with van der Waals surface area (Å²) in [7, 11) is 0. The van der Waals surface area contributed by atoms with Gasteiger partial charge in [-0.15, -0.1) is 0 Å². The summed E-state index contributed by atoms with van der Waals surface area (Å²) in [5.41, 5.74) is 2.65. The molecular weight excluding hydrogens is 204 g/mol. The SMILES string of the molecule is Cc1ccc2nc3c(=O)[nH]c(C)nc3n2c1. The number of nitrogens with one attached hydrogen (secondary N) is 1. The molecule has 0 aromatic carbocycles. The minimum atomic E-state index is -0.191. The molecule has 0 radical (unpaired) electrons. The summed E-state index contributed by atoms with van der Waals surface area (Å²) in [5.74, 6) is 0.598. The van der Waals surface area contributed by atoms with Gasteiger partial charge in [0.2, 0.25) is 0 Å². The maximum atomic E-state index is 11.7. The van der Waals surface area contributed by atoms with Crippen LogP contribution in [0.5, 0.6) is 0 Å². The van der Waals surface area contributed by atoms with Gasteiger partial charge >= 0.3 is 0 Å². The van der Waals surface area contributed by atoms with Gasteiger partial charge in [0.05, 0.1) is 0 Å². The highest BCUT2D eigenvalue weighted by Crippen LogP contribution is 2.12. The predicted molar refractivity (Wildman–Crippen MR) is 60.6 cm³/mol. The molecule has 3 heterocycles. The standard InChI is InChI=1S/C11H10N4O/c1-6-3-4-8-14-9-10(15(8)5-6)12-7(2)13-11(9)16/h3-5H,1-2H3,(H,12,13,16). The van der Waals surface area contributed by atoms with Crippen molar-refractivity contribution in [3.63, 3.8) is 0 Å². The second-order valence-corrected chi connectivity index (χ2v) is 3.87. The van der Waals surface area contributed by atoms with Crippen molar-refractivity contribution in [2.75, 3.05) is 0 Å². The number of rotatable bonds is 0. The van der Waals surface area contributed by atoms with Crippen molar-refractivity contribution in [1.29, 1.82) is 0 Å². The fourth-order valence-electron chi connectivity index (χ4n) is 1.81. The highest BCUT2D eigenvalue weighted by atomic mass is 16.1. The van der Waals surface area contributed by atoms with Crippen molar-refractivity contribution in [3.05, 3.63) is 40.1 Å². The van der Waals surface area contributed by atoms with Crippen LogP contribution in [0.4, 0.5) is 0 Å². The summed E-state index contributed by atoms with van der Waals surface area (Å²) in [5, 5.41) is 0. The Labute approximate surface area is 90.8 Å². The molecule has 0 aliphatic heterocycles. The number of aromatic amines is 1. The molecule has 0 saturated carbocycles. The zero-order valence-electron chi connectivity index (χ0n) is 8.98. The van der Waals surface area contributed by atoms with Crippen molar-refractivity contribution in [3.8, 4) is 0 Å². The molecule has 1 N–H and O–H groups in total. The van der Waals surface area contributed by atoms with Gasteiger partial charge < -0.3 is 4.98 Å². The third-order valence-corrected chi connectivity index (χ3v) is 2.52. The van der Waals surface area contributed by atoms with E-state index in [4.69, 9.17) is 0 Å². The molecule has 0 unspecified atom stereocenters. The Morgan fingerprint density at radius 2 is 2.06 bits per heavy atom. The van der Waals surface area contributed by atoms with Gasteiger partial charge in [0.15, 0.2) is 11.2 Å². The number of hydrogen-bond donors (Lipinski definition) is 1. The number of pyridine rings is 1. The molecule has 16 heavy (non-hydrogen) atoms. The number of hydrogen-bond acceptors (Lipinski definition) is 3. The monoisotopic (exact) mass is 214 g/mol. The Kier molecular flexibility index (Phi) is 1.65. The van der Waals surface area contributed by atoms with E-state index in [2.05, 4.69) is 15.0 Å². The molecule has 0 atom stereocenters. The fourth-order valence-corrected chi connectivity index (χ4v) is 1.81. The average Bonchev–Trinajstić information content (AvgIpc) is 2.57. The van der Waals surface area contributed by atoms with Gasteiger partial charge in [-0.1, -0.05) is 6.07 Å². The molecule has 80 valence electrons. The first-order valence-electron chi connectivity index (χ1n) is 5.00. The van der Waals surface area contributed by atoms with Crippen LogP contribution in [0, 0.1) is 13.8 Å². The lowest BCUT2D eigenvalue weighted by Gasteiger charge is -1.96. The highest BCUT2D eigenvalue weighted by molar-refractivity contribution is 5.75. The molecule has 3 aromatic rings. The Balaban J connectivity index is 2.62. The van der Waals surface area contributed by atoms with Gasteiger partial charge in [0.25, 0.3) is 5.56 Å². The van der Waals surface area contributed by atoms with E-state index in [1.54, 1.807) is 6.92 Å². The zero-order chi connectivity index (χ0) is 11.3. The largest absolute Gasteiger partial charge is 0.309 e. The second-order valence-electron chi connectivity index (χ2n) is 3.87. The molecule has 3 rings (SSSR count). The number of aromatic nitrogens is 4. The van der Waals surface area contributed by atoms with E-state index in [0.29, 0.717) is 17.0 Å². The highest BCUT2D eigenvalue weighted by Gasteiger charge is 2.09. The molecule has 5 heteroatoms. The van der Waals surface area contributed by atoms with E-state index >= 15 is 0 Å². The quantitative estimate of drug-likeness (QED) is 0.611. The minimum absolute atomic E-state index is 0.191. The summed E-state index contributed by atoms with van der Waals surface area (Å²) in [6.45, 7) is 3.75. The lowest BCUT2D eigenvalue weighted by molar-refractivity contribution is 1.03. The first kappa shape index (κ1) is 9.08. The van der Waals surface area contributed by atoms with Crippen molar-refractivity contribution in [2.24, 2.45) is 0 Å². The third kappa shape index (κ3) is 1.14. The summed E-state index contributed by atoms with van der Waals surface area (Å²) in [4.78, 5) is 22.9. The molecule has 3 aromatic heterocycles. The van der Waals surface area contributed by atoms with Crippen LogP contribution < -0.4 is 5.56 Å². The number of imidazole rings is 1. The number of aryl methyl sites for hydroxylation is 2. The molecule has 5 nitrogen and oxygen atoms in total. The lowest BCUT2D eigenvalue weighted by Crippen LogP contribution is -2.09. The fraction of sp³-hybridized carbons (Fsp3) is 0.182. The average molecular weight is 214 g/mol. The van der Waals surface area contributed by atoms with E-state index in [0.717, 1.165) is 11.2 Å². The number of nitrogens with zero attached hydrogens (tertiary/aromatic N) is 3. The third-order valence-electron chi connectivity index (χ3n) is 2.52. The van der Waals surface area contributed by atoms with Crippen LogP contribution in [0.3, 0.4) is 0 Å². The van der Waals surface area contributed by atoms with Gasteiger partial charge in [-0.25, -0.2) is 9.97 Å². The van der Waals surface area contributed by atoms with Crippen LogP contribution in [-0.2, 0) is 0 Å². The van der Waals surface area contributed by atoms with Crippen LogP contribution in [0.1, 0.15) is 11.4 Å². The molecular formula is C11H10N4O. The Morgan fingerprint density at radius 3 is 2.88 bits per heavy atom. The molecule has 0 saturated heterocycles. The van der Waals surface area contributed by atoms with E-state index in [1.807, 2.05) is 29.7 Å². The van der Waals surface area contributed by atoms with E-state index < -0.39 is 0 Å². The van der Waals surface area contributed by atoms with Crippen LogP contribution in [0.25, 0.3) is 16.8 Å². The number of fused-ring (bicyclic) bond motifs is 3. The van der Waals surface area contributed by atoms with Crippen molar-refractivity contribution < 1.29 is 0 Å². The maximum absolute atomic E-state index is 11.7. The van der Waals surface area contributed by atoms with E-state index in [-0.39, 0.29) is 5.56 Å². The molecule has 0 spiro atoms. The normalized spacial score (nSPS) is 11.4. The van der Waals surface area contributed by atoms with Gasteiger partial charge in [0, 0.05) is 6.20 Å². The Hall–Kier alpha value is -2.17. The summed E-state index contributed by atoms with van der Waals surface area (Å²) < 4.78 is 1.84. The maximum Gasteiger partial charge on any atom is 0.279 e. The van der Waals surface area contributed by atoms with Gasteiger partial charge in [0.1, 0.15) is 11.5 Å². The molecule has 0 aliphatic rings. The van der Waals surface area contributed by atoms with Crippen molar-refractivity contribution in [1.82, 2.24) is 19.4 Å². The van der Waals surface area contributed by atoms with Crippen LogP contribution >= 0.6 is 0 Å². The summed E-state index contributed by atoms with van der Waals surface area (Å²) >= 11 is 0. The summed E-state index contributed by atoms with van der Waals surface area (Å²) in [6, 6.07) is 3.84. The number of H-pyrrole nitrogens is 1. The predicted octanol–water partition coefficient (Wildman–Crippen LogP) is 1.19. The molecule has 0 aliphatic carbocycles. The molecule has 0 bridgehead atoms. The molecule has 0 amide bonds. The van der Waals surface area contributed by atoms with Crippen LogP contribution in [-0.4, -0.2) is 19.4 Å². The van der Waals surface area contributed by atoms with Gasteiger partial charge in [-0.05, 0) is 25.5 Å². The lowest BCUT2D eigenvalue weighted by atomic mass is 10.3. The first-order valence-corrected chi connectivity index (χ1v) is 5.00. The first-order chi connectivity index (χ1) is 7.65. The molecule has 0 fully saturated rings. The van der Waals surface area contributed by atoms with Gasteiger partial charge in [-0.3, -0.25) is 9.20 Å². The minimum Gasteiger partial charge on any atom is -0.309 e. The summed E-state index contributed by atoms with van der Waals surface area (Å²) in [6.07, 6.45) is 1.93. The van der Waals surface area contributed by atoms with E-state index in [1.165, 1.54) is 0 Å². The van der Waals surface area contributed by atoms with Crippen LogP contribution in [0.2, 0.25) is 0 Å². The van der Waals surface area contributed by atoms with Crippen molar-refractivity contribution >= 4 is 16.8 Å². The smallest absolute Gasteiger partial charge is 0.279 e. The van der Waals surface area contributed by atoms with E-state index in [9.17, 15) is 4.79 Å². The topological polar surface area (TPSA) is 63.0 Å². The van der Waals surface area contributed by atoms with Crippen molar-refractivity contribution in [2.45, 2.75) is 13.8 Å². The Morgan fingerprint density at radius 1 is 1.25 bits per heavy atom. The second kappa shape index (κ2) is 2.91. The Bertz CT molecular complexity index is 754. The van der Waals surface area contributed by atoms with Crippen LogP contribution in [0.15, 0.2) is 23.1 Å².